The van der Waals surface area contributed by atoms with Gasteiger partial charge < -0.3 is 14.5 Å². The lowest BCUT2D eigenvalue weighted by molar-refractivity contribution is -0.153. The molecule has 0 aliphatic carbocycles. The molecule has 6 nitrogen and oxygen atoms in total. The Hall–Kier alpha value is -1.69. The van der Waals surface area contributed by atoms with Crippen molar-refractivity contribution in [3.05, 3.63) is 17.8 Å². The van der Waals surface area contributed by atoms with Gasteiger partial charge in [-0.15, -0.1) is 5.10 Å². The van der Waals surface area contributed by atoms with E-state index in [0.29, 0.717) is 6.04 Å². The molecule has 1 aromatic heterocycles. The number of carbonyl (C=O) groups excluding carboxylic acids is 1. The fourth-order valence-electron chi connectivity index (χ4n) is 4.37. The average molecular weight is 344 g/mol. The number of amides is 1. The van der Waals surface area contributed by atoms with Crippen LogP contribution in [0.5, 0.6) is 0 Å². The van der Waals surface area contributed by atoms with Crippen molar-refractivity contribution in [1.82, 2.24) is 15.1 Å². The maximum Gasteiger partial charge on any atom is 0.251 e. The average Bonchev–Trinajstić information content (AvgIpc) is 3.05. The van der Waals surface area contributed by atoms with Gasteiger partial charge in [-0.05, 0) is 57.1 Å². The van der Waals surface area contributed by atoms with Gasteiger partial charge in [-0.2, -0.15) is 5.10 Å². The summed E-state index contributed by atoms with van der Waals surface area (Å²) in [6.07, 6.45) is 4.87. The molecule has 25 heavy (non-hydrogen) atoms. The fourth-order valence-corrected chi connectivity index (χ4v) is 4.37. The monoisotopic (exact) mass is 344 g/mol. The highest BCUT2D eigenvalue weighted by molar-refractivity contribution is 5.81. The van der Waals surface area contributed by atoms with Crippen molar-refractivity contribution in [1.29, 1.82) is 0 Å². The van der Waals surface area contributed by atoms with Gasteiger partial charge in [0.05, 0.1) is 17.8 Å². The quantitative estimate of drug-likeness (QED) is 0.823. The second-order valence-electron chi connectivity index (χ2n) is 7.83. The van der Waals surface area contributed by atoms with Crippen LogP contribution in [-0.2, 0) is 9.53 Å². The van der Waals surface area contributed by atoms with Crippen LogP contribution in [0.4, 0.5) is 5.82 Å². The Morgan fingerprint density at radius 1 is 1.08 bits per heavy atom. The second-order valence-corrected chi connectivity index (χ2v) is 7.83. The summed E-state index contributed by atoms with van der Waals surface area (Å²) in [5.41, 5.74) is 0.931. The third-order valence-electron chi connectivity index (χ3n) is 6.00. The number of fused-ring (bicyclic) bond motifs is 1. The predicted octanol–water partition coefficient (Wildman–Crippen LogP) is 2.17. The van der Waals surface area contributed by atoms with Gasteiger partial charge in [-0.1, -0.05) is 6.92 Å². The first-order valence-corrected chi connectivity index (χ1v) is 9.63. The second kappa shape index (κ2) is 6.90. The summed E-state index contributed by atoms with van der Waals surface area (Å²) in [4.78, 5) is 17.1. The molecule has 0 aromatic carbocycles. The van der Waals surface area contributed by atoms with E-state index in [-0.39, 0.29) is 18.1 Å². The van der Waals surface area contributed by atoms with Gasteiger partial charge in [0.2, 0.25) is 0 Å². The van der Waals surface area contributed by atoms with Crippen molar-refractivity contribution >= 4 is 11.7 Å². The van der Waals surface area contributed by atoms with Gasteiger partial charge in [0.15, 0.2) is 5.82 Å². The van der Waals surface area contributed by atoms with E-state index in [0.717, 1.165) is 69.2 Å². The molecule has 0 unspecified atom stereocenters. The summed E-state index contributed by atoms with van der Waals surface area (Å²) in [5.74, 6) is 1.87. The van der Waals surface area contributed by atoms with E-state index >= 15 is 0 Å². The molecule has 0 N–H and O–H groups in total. The number of anilines is 1. The number of rotatable bonds is 2. The highest BCUT2D eigenvalue weighted by Gasteiger charge is 2.43. The van der Waals surface area contributed by atoms with Gasteiger partial charge in [-0.25, -0.2) is 0 Å². The maximum absolute atomic E-state index is 12.8. The molecule has 0 spiro atoms. The topological polar surface area (TPSA) is 58.6 Å². The molecule has 3 atom stereocenters. The van der Waals surface area contributed by atoms with Crippen molar-refractivity contribution < 1.29 is 9.53 Å². The number of piperidine rings is 1. The van der Waals surface area contributed by atoms with Crippen LogP contribution in [-0.4, -0.2) is 58.9 Å². The van der Waals surface area contributed by atoms with Gasteiger partial charge in [-0.3, -0.25) is 4.79 Å². The minimum absolute atomic E-state index is 0.134. The molecule has 1 aromatic rings. The van der Waals surface area contributed by atoms with Gasteiger partial charge >= 0.3 is 0 Å². The first kappa shape index (κ1) is 16.8. The first-order valence-electron chi connectivity index (χ1n) is 9.63. The summed E-state index contributed by atoms with van der Waals surface area (Å²) >= 11 is 0. The molecular formula is C19H28N4O2. The zero-order chi connectivity index (χ0) is 17.4. The SMILES string of the molecule is Cc1ccc(N2CC[C@@H]3O[C@@H](C(=O)N4CCC(C)CC4)CC[C@@H]32)nn1. The lowest BCUT2D eigenvalue weighted by Gasteiger charge is -2.38. The van der Waals surface area contributed by atoms with E-state index in [1.54, 1.807) is 0 Å². The molecule has 1 amide bonds. The fraction of sp³-hybridized carbons (Fsp3) is 0.737. The molecule has 4 heterocycles. The molecule has 3 fully saturated rings. The number of carbonyl (C=O) groups is 1. The zero-order valence-corrected chi connectivity index (χ0v) is 15.2. The molecule has 136 valence electrons. The van der Waals surface area contributed by atoms with Crippen LogP contribution < -0.4 is 4.90 Å². The molecule has 3 saturated heterocycles. The number of ether oxygens (including phenoxy) is 1. The van der Waals surface area contributed by atoms with Crippen LogP contribution in [0, 0.1) is 12.8 Å². The van der Waals surface area contributed by atoms with E-state index in [9.17, 15) is 4.79 Å². The van der Waals surface area contributed by atoms with Crippen molar-refractivity contribution in [3.63, 3.8) is 0 Å². The molecule has 6 heteroatoms. The summed E-state index contributed by atoms with van der Waals surface area (Å²) in [7, 11) is 0. The molecule has 4 rings (SSSR count). The third kappa shape index (κ3) is 3.36. The predicted molar refractivity (Wildman–Crippen MR) is 95.4 cm³/mol. The third-order valence-corrected chi connectivity index (χ3v) is 6.00. The van der Waals surface area contributed by atoms with Crippen molar-refractivity contribution in [2.75, 3.05) is 24.5 Å². The summed E-state index contributed by atoms with van der Waals surface area (Å²) < 4.78 is 6.25. The minimum atomic E-state index is -0.251. The van der Waals surface area contributed by atoms with Gasteiger partial charge in [0, 0.05) is 19.6 Å². The Labute approximate surface area is 149 Å². The number of hydrogen-bond acceptors (Lipinski definition) is 5. The Morgan fingerprint density at radius 2 is 1.88 bits per heavy atom. The lowest BCUT2D eigenvalue weighted by Crippen LogP contribution is -2.50. The van der Waals surface area contributed by atoms with E-state index < -0.39 is 0 Å². The first-order chi connectivity index (χ1) is 12.1. The molecule has 3 aliphatic heterocycles. The lowest BCUT2D eigenvalue weighted by atomic mass is 9.96. The molecular weight excluding hydrogens is 316 g/mol. The van der Waals surface area contributed by atoms with Crippen molar-refractivity contribution in [2.24, 2.45) is 5.92 Å². The normalized spacial score (nSPS) is 30.4. The van der Waals surface area contributed by atoms with Crippen LogP contribution in [0.3, 0.4) is 0 Å². The summed E-state index contributed by atoms with van der Waals surface area (Å²) in [5, 5.41) is 8.51. The van der Waals surface area contributed by atoms with Crippen molar-refractivity contribution in [2.45, 2.75) is 64.2 Å². The van der Waals surface area contributed by atoms with Crippen LogP contribution in [0.2, 0.25) is 0 Å². The van der Waals surface area contributed by atoms with E-state index in [2.05, 4.69) is 22.0 Å². The molecule has 0 radical (unpaired) electrons. The highest BCUT2D eigenvalue weighted by Crippen LogP contribution is 2.34. The van der Waals surface area contributed by atoms with Crippen molar-refractivity contribution in [3.8, 4) is 0 Å². The summed E-state index contributed by atoms with van der Waals surface area (Å²) in [6, 6.07) is 4.36. The number of nitrogens with zero attached hydrogens (tertiary/aromatic N) is 4. The Kier molecular flexibility index (Phi) is 4.63. The van der Waals surface area contributed by atoms with E-state index in [1.807, 2.05) is 24.0 Å². The number of likely N-dealkylation sites (tertiary alicyclic amines) is 1. The Balaban J connectivity index is 1.38. The van der Waals surface area contributed by atoms with Crippen LogP contribution in [0.15, 0.2) is 12.1 Å². The highest BCUT2D eigenvalue weighted by atomic mass is 16.5. The van der Waals surface area contributed by atoms with Gasteiger partial charge in [0.25, 0.3) is 5.91 Å². The molecule has 0 saturated carbocycles. The number of hydrogen-bond donors (Lipinski definition) is 0. The smallest absolute Gasteiger partial charge is 0.251 e. The standard InChI is InChI=1S/C19H28N4O2/c1-13-7-10-22(11-8-13)19(24)17-5-4-15-16(25-17)9-12-23(15)18-6-3-14(2)20-21-18/h3,6,13,15-17H,4-5,7-12H2,1-2H3/t15-,16-,17+/m0/s1. The van der Waals surface area contributed by atoms with Crippen LogP contribution in [0.25, 0.3) is 0 Å². The Morgan fingerprint density at radius 3 is 2.60 bits per heavy atom. The Bertz CT molecular complexity index is 612. The largest absolute Gasteiger partial charge is 0.363 e. The van der Waals surface area contributed by atoms with Gasteiger partial charge in [0.1, 0.15) is 6.10 Å². The van der Waals surface area contributed by atoms with Crippen LogP contribution >= 0.6 is 0 Å². The maximum atomic E-state index is 12.8. The minimum Gasteiger partial charge on any atom is -0.363 e. The molecule has 0 bridgehead atoms. The number of aromatic nitrogens is 2. The zero-order valence-electron chi connectivity index (χ0n) is 15.2. The van der Waals surface area contributed by atoms with E-state index in [4.69, 9.17) is 4.74 Å². The molecule has 3 aliphatic rings. The number of aryl methyl sites for hydroxylation is 1. The summed E-state index contributed by atoms with van der Waals surface area (Å²) in [6.45, 7) is 6.92. The van der Waals surface area contributed by atoms with E-state index in [1.165, 1.54) is 0 Å². The van der Waals surface area contributed by atoms with Crippen LogP contribution in [0.1, 0.15) is 44.7 Å².